The molecule has 1 rings (SSSR count). The number of rotatable bonds is 5. The second kappa shape index (κ2) is 6.00. The Morgan fingerprint density at radius 3 is 2.44 bits per heavy atom. The van der Waals surface area contributed by atoms with Gasteiger partial charge in [-0.3, -0.25) is 9.00 Å². The average Bonchev–Trinajstić information content (AvgIpc) is 2.36. The van der Waals surface area contributed by atoms with Crippen LogP contribution in [-0.2, 0) is 20.3 Å². The SMILES string of the molecule is COC(=O)C(C)(C)CS(=O)c1ccccc1OC. The summed E-state index contributed by atoms with van der Waals surface area (Å²) >= 11 is 0. The number of benzene rings is 1. The number of hydrogen-bond acceptors (Lipinski definition) is 4. The van der Waals surface area contributed by atoms with Crippen LogP contribution in [0.25, 0.3) is 0 Å². The van der Waals surface area contributed by atoms with Crippen molar-refractivity contribution in [2.45, 2.75) is 18.7 Å². The molecule has 4 nitrogen and oxygen atoms in total. The fraction of sp³-hybridized carbons (Fsp3) is 0.462. The molecule has 0 saturated heterocycles. The van der Waals surface area contributed by atoms with Gasteiger partial charge in [0.05, 0.1) is 35.3 Å². The van der Waals surface area contributed by atoms with Gasteiger partial charge in [0.2, 0.25) is 0 Å². The van der Waals surface area contributed by atoms with E-state index in [1.165, 1.54) is 14.2 Å². The van der Waals surface area contributed by atoms with E-state index < -0.39 is 16.2 Å². The van der Waals surface area contributed by atoms with Crippen molar-refractivity contribution in [2.75, 3.05) is 20.0 Å². The Morgan fingerprint density at radius 2 is 1.89 bits per heavy atom. The van der Waals surface area contributed by atoms with Gasteiger partial charge in [-0.05, 0) is 26.0 Å². The van der Waals surface area contributed by atoms with Gasteiger partial charge in [-0.2, -0.15) is 0 Å². The molecule has 100 valence electrons. The van der Waals surface area contributed by atoms with E-state index in [4.69, 9.17) is 9.47 Å². The first-order valence-electron chi connectivity index (χ1n) is 5.52. The minimum Gasteiger partial charge on any atom is -0.495 e. The molecule has 1 unspecified atom stereocenters. The molecule has 0 heterocycles. The monoisotopic (exact) mass is 270 g/mol. The van der Waals surface area contributed by atoms with Crippen molar-refractivity contribution in [3.63, 3.8) is 0 Å². The van der Waals surface area contributed by atoms with E-state index in [0.717, 1.165) is 0 Å². The van der Waals surface area contributed by atoms with Crippen LogP contribution in [-0.4, -0.2) is 30.2 Å². The molecule has 0 amide bonds. The highest BCUT2D eigenvalue weighted by Gasteiger charge is 2.32. The number of carbonyl (C=O) groups is 1. The normalized spacial score (nSPS) is 12.9. The zero-order chi connectivity index (χ0) is 13.8. The van der Waals surface area contributed by atoms with Gasteiger partial charge in [0.1, 0.15) is 5.75 Å². The zero-order valence-corrected chi connectivity index (χ0v) is 11.9. The molecule has 5 heteroatoms. The van der Waals surface area contributed by atoms with Crippen molar-refractivity contribution < 1.29 is 18.5 Å². The molecule has 0 bridgehead atoms. The van der Waals surface area contributed by atoms with Crippen molar-refractivity contribution in [1.29, 1.82) is 0 Å². The summed E-state index contributed by atoms with van der Waals surface area (Å²) in [5.41, 5.74) is -0.791. The van der Waals surface area contributed by atoms with Crippen molar-refractivity contribution in [3.8, 4) is 5.75 Å². The smallest absolute Gasteiger partial charge is 0.312 e. The topological polar surface area (TPSA) is 52.6 Å². The Labute approximate surface area is 110 Å². The molecule has 0 spiro atoms. The van der Waals surface area contributed by atoms with Crippen LogP contribution in [0.2, 0.25) is 0 Å². The Kier molecular flexibility index (Phi) is 4.90. The van der Waals surface area contributed by atoms with Gasteiger partial charge in [0, 0.05) is 5.75 Å². The molecule has 0 aliphatic heterocycles. The van der Waals surface area contributed by atoms with E-state index in [0.29, 0.717) is 10.6 Å². The van der Waals surface area contributed by atoms with E-state index in [-0.39, 0.29) is 11.7 Å². The van der Waals surface area contributed by atoms with Crippen LogP contribution in [0, 0.1) is 5.41 Å². The van der Waals surface area contributed by atoms with E-state index in [1.807, 2.05) is 6.07 Å². The molecule has 18 heavy (non-hydrogen) atoms. The second-order valence-electron chi connectivity index (χ2n) is 4.52. The maximum Gasteiger partial charge on any atom is 0.312 e. The fourth-order valence-corrected chi connectivity index (χ4v) is 3.08. The fourth-order valence-electron chi connectivity index (χ4n) is 1.55. The van der Waals surface area contributed by atoms with Crippen molar-refractivity contribution >= 4 is 16.8 Å². The molecule has 0 radical (unpaired) electrons. The van der Waals surface area contributed by atoms with Gasteiger partial charge in [0.15, 0.2) is 0 Å². The summed E-state index contributed by atoms with van der Waals surface area (Å²) in [6.07, 6.45) is 0. The summed E-state index contributed by atoms with van der Waals surface area (Å²) in [6, 6.07) is 7.09. The van der Waals surface area contributed by atoms with Crippen LogP contribution in [0.15, 0.2) is 29.2 Å². The van der Waals surface area contributed by atoms with E-state index in [9.17, 15) is 9.00 Å². The lowest BCUT2D eigenvalue weighted by Crippen LogP contribution is -2.31. The molecular weight excluding hydrogens is 252 g/mol. The predicted molar refractivity (Wildman–Crippen MR) is 70.1 cm³/mol. The quantitative estimate of drug-likeness (QED) is 0.768. The molecule has 0 aromatic heterocycles. The van der Waals surface area contributed by atoms with Crippen molar-refractivity contribution in [2.24, 2.45) is 5.41 Å². The van der Waals surface area contributed by atoms with E-state index >= 15 is 0 Å². The molecule has 1 aromatic rings. The number of hydrogen-bond donors (Lipinski definition) is 0. The maximum absolute atomic E-state index is 12.3. The van der Waals surface area contributed by atoms with Crippen LogP contribution in [0.3, 0.4) is 0 Å². The van der Waals surface area contributed by atoms with Gasteiger partial charge in [-0.25, -0.2) is 0 Å². The minimum atomic E-state index is -1.31. The van der Waals surface area contributed by atoms with Crippen LogP contribution in [0.1, 0.15) is 13.8 Å². The average molecular weight is 270 g/mol. The third-order valence-corrected chi connectivity index (χ3v) is 4.36. The number of para-hydroxylation sites is 1. The largest absolute Gasteiger partial charge is 0.495 e. The number of carbonyl (C=O) groups excluding carboxylic acids is 1. The first-order valence-corrected chi connectivity index (χ1v) is 6.84. The number of methoxy groups -OCH3 is 2. The Balaban J connectivity index is 2.92. The summed E-state index contributed by atoms with van der Waals surface area (Å²) in [4.78, 5) is 12.2. The molecular formula is C13H18O4S. The molecule has 0 saturated carbocycles. The zero-order valence-electron chi connectivity index (χ0n) is 11.1. The predicted octanol–water partition coefficient (Wildman–Crippen LogP) is 2.00. The molecule has 0 aliphatic rings. The van der Waals surface area contributed by atoms with Gasteiger partial charge in [-0.15, -0.1) is 0 Å². The second-order valence-corrected chi connectivity index (χ2v) is 5.94. The summed E-state index contributed by atoms with van der Waals surface area (Å²) in [6.45, 7) is 3.43. The summed E-state index contributed by atoms with van der Waals surface area (Å²) in [5, 5.41) is 0. The standard InChI is InChI=1S/C13H18O4S/c1-13(2,12(14)17-4)9-18(15)11-8-6-5-7-10(11)16-3/h5-8H,9H2,1-4H3. The third-order valence-electron chi connectivity index (χ3n) is 2.54. The first kappa shape index (κ1) is 14.7. The Morgan fingerprint density at radius 1 is 1.28 bits per heavy atom. The molecule has 0 fully saturated rings. The van der Waals surface area contributed by atoms with E-state index in [2.05, 4.69) is 0 Å². The summed E-state index contributed by atoms with van der Waals surface area (Å²) in [7, 11) is 1.55. The van der Waals surface area contributed by atoms with Gasteiger partial charge in [-0.1, -0.05) is 12.1 Å². The van der Waals surface area contributed by atoms with Crippen molar-refractivity contribution in [3.05, 3.63) is 24.3 Å². The molecule has 0 aliphatic carbocycles. The highest BCUT2D eigenvalue weighted by Crippen LogP contribution is 2.26. The van der Waals surface area contributed by atoms with Crippen LogP contribution < -0.4 is 4.74 Å². The van der Waals surface area contributed by atoms with Gasteiger partial charge >= 0.3 is 5.97 Å². The Bertz CT molecular complexity index is 454. The van der Waals surface area contributed by atoms with Crippen LogP contribution >= 0.6 is 0 Å². The van der Waals surface area contributed by atoms with Crippen molar-refractivity contribution in [1.82, 2.24) is 0 Å². The molecule has 1 aromatic carbocycles. The lowest BCUT2D eigenvalue weighted by Gasteiger charge is -2.21. The summed E-state index contributed by atoms with van der Waals surface area (Å²) < 4.78 is 22.1. The van der Waals surface area contributed by atoms with Crippen LogP contribution in [0.4, 0.5) is 0 Å². The minimum absolute atomic E-state index is 0.194. The Hall–Kier alpha value is -1.36. The first-order chi connectivity index (χ1) is 8.42. The summed E-state index contributed by atoms with van der Waals surface area (Å²) in [5.74, 6) is 0.391. The lowest BCUT2D eigenvalue weighted by molar-refractivity contribution is -0.149. The molecule has 0 N–H and O–H groups in total. The van der Waals surface area contributed by atoms with Gasteiger partial charge in [0.25, 0.3) is 0 Å². The lowest BCUT2D eigenvalue weighted by atomic mass is 9.97. The van der Waals surface area contributed by atoms with E-state index in [1.54, 1.807) is 32.0 Å². The highest BCUT2D eigenvalue weighted by molar-refractivity contribution is 7.85. The number of esters is 1. The third kappa shape index (κ3) is 3.32. The van der Waals surface area contributed by atoms with Crippen LogP contribution in [0.5, 0.6) is 5.75 Å². The number of ether oxygens (including phenoxy) is 2. The maximum atomic E-state index is 12.3. The molecule has 1 atom stereocenters. The van der Waals surface area contributed by atoms with Gasteiger partial charge < -0.3 is 9.47 Å². The highest BCUT2D eigenvalue weighted by atomic mass is 32.2.